The summed E-state index contributed by atoms with van der Waals surface area (Å²) in [6.45, 7) is 8.89. The van der Waals surface area contributed by atoms with E-state index in [0.717, 1.165) is 47.9 Å². The third kappa shape index (κ3) is 13.4. The van der Waals surface area contributed by atoms with E-state index in [4.69, 9.17) is 18.9 Å². The van der Waals surface area contributed by atoms with Crippen LogP contribution in [0.5, 0.6) is 0 Å². The Bertz CT molecular complexity index is 1470. The second-order valence-electron chi connectivity index (χ2n) is 13.2. The van der Waals surface area contributed by atoms with Gasteiger partial charge in [0.05, 0.1) is 52.9 Å². The monoisotopic (exact) mass is 764 g/mol. The van der Waals surface area contributed by atoms with Crippen molar-refractivity contribution in [3.8, 4) is 0 Å². The molecule has 0 saturated carbocycles. The van der Waals surface area contributed by atoms with Crippen molar-refractivity contribution in [1.82, 2.24) is 0 Å². The third-order valence-corrected chi connectivity index (χ3v) is 9.62. The second kappa shape index (κ2) is 23.5. The topological polar surface area (TPSA) is 118 Å². The van der Waals surface area contributed by atoms with Gasteiger partial charge in [0, 0.05) is 97.4 Å². The van der Waals surface area contributed by atoms with E-state index >= 15 is 0 Å². The lowest BCUT2D eigenvalue weighted by molar-refractivity contribution is 0.111. The number of carbonyl (C=O) groups is 4. The molecule has 4 aromatic carbocycles. The Hall–Kier alpha value is -5.40. The normalized spacial score (nSPS) is 16.7. The molecule has 0 atom stereocenters. The maximum Gasteiger partial charge on any atom is 0.150 e. The summed E-state index contributed by atoms with van der Waals surface area (Å²) < 4.78 is 24.7. The molecule has 1 saturated heterocycles. The molecule has 56 heavy (non-hydrogen) atoms. The average molecular weight is 765 g/mol. The molecule has 1 aliphatic heterocycles. The summed E-state index contributed by atoms with van der Waals surface area (Å²) in [7, 11) is 0. The Morgan fingerprint density at radius 1 is 0.286 bits per heavy atom. The highest BCUT2D eigenvalue weighted by atomic mass is 16.5. The summed E-state index contributed by atoms with van der Waals surface area (Å²) in [6, 6.07) is 30.0. The Kier molecular flexibility index (Phi) is 17.5. The van der Waals surface area contributed by atoms with E-state index in [9.17, 15) is 19.2 Å². The van der Waals surface area contributed by atoms with Gasteiger partial charge in [-0.05, 0) is 97.1 Å². The van der Waals surface area contributed by atoms with Crippen LogP contribution < -0.4 is 19.6 Å². The minimum atomic E-state index is 0.484. The van der Waals surface area contributed by atoms with Crippen LogP contribution in [0.1, 0.15) is 41.4 Å². The Morgan fingerprint density at radius 3 is 0.589 bits per heavy atom. The molecule has 0 unspecified atom stereocenters. The van der Waals surface area contributed by atoms with Crippen LogP contribution in [0.2, 0.25) is 0 Å². The van der Waals surface area contributed by atoms with Crippen LogP contribution in [-0.2, 0) is 18.9 Å². The van der Waals surface area contributed by atoms with E-state index < -0.39 is 0 Å². The fraction of sp³-hybridized carbons (Fsp3) is 0.364. The highest BCUT2D eigenvalue weighted by Crippen LogP contribution is 2.19. The van der Waals surface area contributed by atoms with Crippen molar-refractivity contribution in [2.75, 3.05) is 125 Å². The molecule has 296 valence electrons. The van der Waals surface area contributed by atoms with E-state index in [0.29, 0.717) is 127 Å². The van der Waals surface area contributed by atoms with Gasteiger partial charge in [0.1, 0.15) is 25.1 Å². The standard InChI is InChI=1S/C44H52N4O8/c49-33-37-1-9-41(10-2-37)45-17-25-53-27-19-46(42-11-3-38(34-50)4-12-42)21-29-55-31-23-48(44-15-7-40(36-52)8-16-44)24-32-56-30-22-47(20-28-54-26-18-45)43-13-5-39(35-51)6-14-43/h1-16,33-36H,17-32H2. The minimum absolute atomic E-state index is 0.484. The van der Waals surface area contributed by atoms with Crippen LogP contribution in [-0.4, -0.2) is 130 Å². The van der Waals surface area contributed by atoms with Crippen molar-refractivity contribution >= 4 is 47.9 Å². The van der Waals surface area contributed by atoms with Crippen LogP contribution in [0.15, 0.2) is 97.1 Å². The highest BCUT2D eigenvalue weighted by Gasteiger charge is 2.13. The molecule has 1 fully saturated rings. The van der Waals surface area contributed by atoms with Gasteiger partial charge < -0.3 is 38.5 Å². The van der Waals surface area contributed by atoms with E-state index in [2.05, 4.69) is 19.6 Å². The lowest BCUT2D eigenvalue weighted by Crippen LogP contribution is -2.36. The van der Waals surface area contributed by atoms with E-state index in [1.54, 1.807) is 0 Å². The number of hydrogen-bond donors (Lipinski definition) is 0. The Morgan fingerprint density at radius 2 is 0.446 bits per heavy atom. The summed E-state index contributed by atoms with van der Waals surface area (Å²) >= 11 is 0. The maximum absolute atomic E-state index is 11.3. The number of nitrogens with zero attached hydrogens (tertiary/aromatic N) is 4. The van der Waals surface area contributed by atoms with E-state index in [-0.39, 0.29) is 0 Å². The molecule has 1 heterocycles. The molecule has 12 nitrogen and oxygen atoms in total. The predicted octanol–water partition coefficient (Wildman–Crippen LogP) is 5.34. The van der Waals surface area contributed by atoms with Gasteiger partial charge in [-0.15, -0.1) is 0 Å². The van der Waals surface area contributed by atoms with Gasteiger partial charge in [0.2, 0.25) is 0 Å². The van der Waals surface area contributed by atoms with Crippen LogP contribution >= 0.6 is 0 Å². The number of carbonyl (C=O) groups excluding carboxylic acids is 4. The van der Waals surface area contributed by atoms with Crippen molar-refractivity contribution < 1.29 is 38.1 Å². The SMILES string of the molecule is O=Cc1ccc(N2CCOCCN(c3ccc(C=O)cc3)CCOCCN(c3ccc(C=O)cc3)CCOCCN(c3ccc(C=O)cc3)CCOCC2)cc1. The van der Waals surface area contributed by atoms with Crippen molar-refractivity contribution in [2.45, 2.75) is 0 Å². The summed E-state index contributed by atoms with van der Waals surface area (Å²) in [5.74, 6) is 0. The Labute approximate surface area is 329 Å². The first-order valence-electron chi connectivity index (χ1n) is 19.1. The number of rotatable bonds is 8. The molecule has 5 rings (SSSR count). The van der Waals surface area contributed by atoms with Crippen molar-refractivity contribution in [1.29, 1.82) is 0 Å². The molecular formula is C44H52N4O8. The van der Waals surface area contributed by atoms with Gasteiger partial charge in [0.15, 0.2) is 0 Å². The average Bonchev–Trinajstić information content (AvgIpc) is 3.25. The molecule has 12 heteroatoms. The molecule has 1 aliphatic rings. The molecule has 0 bridgehead atoms. The number of benzene rings is 4. The first kappa shape index (κ1) is 41.8. The summed E-state index contributed by atoms with van der Waals surface area (Å²) in [5.41, 5.74) is 6.37. The molecule has 0 aromatic heterocycles. The smallest absolute Gasteiger partial charge is 0.150 e. The summed E-state index contributed by atoms with van der Waals surface area (Å²) in [4.78, 5) is 54.0. The van der Waals surface area contributed by atoms with Gasteiger partial charge in [-0.2, -0.15) is 0 Å². The largest absolute Gasteiger partial charge is 0.378 e. The number of anilines is 4. The highest BCUT2D eigenvalue weighted by molar-refractivity contribution is 5.77. The zero-order valence-electron chi connectivity index (χ0n) is 31.9. The first-order chi connectivity index (χ1) is 27.6. The summed E-state index contributed by atoms with van der Waals surface area (Å²) in [5, 5.41) is 0. The predicted molar refractivity (Wildman–Crippen MR) is 219 cm³/mol. The fourth-order valence-electron chi connectivity index (χ4n) is 6.34. The fourth-order valence-corrected chi connectivity index (χ4v) is 6.34. The first-order valence-corrected chi connectivity index (χ1v) is 19.1. The maximum atomic E-state index is 11.3. The van der Waals surface area contributed by atoms with Crippen LogP contribution in [0.25, 0.3) is 0 Å². The van der Waals surface area contributed by atoms with Gasteiger partial charge in [-0.3, -0.25) is 19.2 Å². The van der Waals surface area contributed by atoms with Gasteiger partial charge >= 0.3 is 0 Å². The zero-order chi connectivity index (χ0) is 39.2. The van der Waals surface area contributed by atoms with Crippen LogP contribution in [0, 0.1) is 0 Å². The van der Waals surface area contributed by atoms with E-state index in [1.165, 1.54) is 0 Å². The second-order valence-corrected chi connectivity index (χ2v) is 13.2. The molecule has 4 aromatic rings. The van der Waals surface area contributed by atoms with Gasteiger partial charge in [-0.25, -0.2) is 0 Å². The molecule has 0 radical (unpaired) electrons. The summed E-state index contributed by atoms with van der Waals surface area (Å²) in [6.07, 6.45) is 3.35. The van der Waals surface area contributed by atoms with Crippen molar-refractivity contribution in [2.24, 2.45) is 0 Å². The third-order valence-electron chi connectivity index (χ3n) is 9.62. The lowest BCUT2D eigenvalue weighted by atomic mass is 10.2. The number of aldehydes is 4. The molecule has 0 spiro atoms. The van der Waals surface area contributed by atoms with Crippen molar-refractivity contribution in [3.63, 3.8) is 0 Å². The zero-order valence-corrected chi connectivity index (χ0v) is 31.9. The molecule has 0 aliphatic carbocycles. The van der Waals surface area contributed by atoms with E-state index in [1.807, 2.05) is 97.1 Å². The van der Waals surface area contributed by atoms with Crippen molar-refractivity contribution in [3.05, 3.63) is 119 Å². The number of ether oxygens (including phenoxy) is 4. The quantitative estimate of drug-likeness (QED) is 0.216. The molecule has 0 amide bonds. The minimum Gasteiger partial charge on any atom is -0.378 e. The lowest BCUT2D eigenvalue weighted by Gasteiger charge is -2.28. The van der Waals surface area contributed by atoms with Gasteiger partial charge in [-0.1, -0.05) is 0 Å². The molecule has 0 N–H and O–H groups in total. The van der Waals surface area contributed by atoms with Gasteiger partial charge in [0.25, 0.3) is 0 Å². The molecular weight excluding hydrogens is 713 g/mol. The van der Waals surface area contributed by atoms with Crippen LogP contribution in [0.3, 0.4) is 0 Å². The Balaban J connectivity index is 1.28. The van der Waals surface area contributed by atoms with Crippen LogP contribution in [0.4, 0.5) is 22.7 Å². The number of hydrogen-bond acceptors (Lipinski definition) is 12.